The summed E-state index contributed by atoms with van der Waals surface area (Å²) in [5.74, 6) is -0.0517. The van der Waals surface area contributed by atoms with Gasteiger partial charge in [0.15, 0.2) is 4.34 Å². The van der Waals surface area contributed by atoms with Crippen molar-refractivity contribution in [3.63, 3.8) is 0 Å². The number of aromatic nitrogens is 1. The lowest BCUT2D eigenvalue weighted by Crippen LogP contribution is -2.06. The number of thiazole rings is 1. The van der Waals surface area contributed by atoms with Crippen molar-refractivity contribution in [3.05, 3.63) is 65.4 Å². The number of hydrogen-bond donors (Lipinski definition) is 0. The third-order valence-corrected chi connectivity index (χ3v) is 6.22. The highest BCUT2D eigenvalue weighted by molar-refractivity contribution is 8.00. The molecule has 29 heavy (non-hydrogen) atoms. The third-order valence-electron chi connectivity index (χ3n) is 3.99. The van der Waals surface area contributed by atoms with Gasteiger partial charge in [-0.15, -0.1) is 11.3 Å². The fourth-order valence-corrected chi connectivity index (χ4v) is 4.69. The van der Waals surface area contributed by atoms with Crippen molar-refractivity contribution in [1.82, 2.24) is 4.98 Å². The summed E-state index contributed by atoms with van der Waals surface area (Å²) >= 11 is 2.71. The van der Waals surface area contributed by atoms with E-state index >= 15 is 0 Å². The molecule has 0 unspecified atom stereocenters. The van der Waals surface area contributed by atoms with Gasteiger partial charge < -0.3 is 9.47 Å². The van der Waals surface area contributed by atoms with Gasteiger partial charge in [0.25, 0.3) is 0 Å². The summed E-state index contributed by atoms with van der Waals surface area (Å²) in [6.07, 6.45) is -3.08. The topological polar surface area (TPSA) is 48.4 Å². The summed E-state index contributed by atoms with van der Waals surface area (Å²) in [6, 6.07) is 10.8. The van der Waals surface area contributed by atoms with Crippen LogP contribution < -0.4 is 0 Å². The number of carbonyl (C=O) groups is 1. The van der Waals surface area contributed by atoms with Gasteiger partial charge in [-0.25, -0.2) is 9.78 Å². The molecule has 0 aliphatic carbocycles. The molecule has 1 heterocycles. The van der Waals surface area contributed by atoms with E-state index in [0.29, 0.717) is 25.9 Å². The number of hydrogen-bond acceptors (Lipinski definition) is 6. The van der Waals surface area contributed by atoms with Crippen LogP contribution in [0.3, 0.4) is 0 Å². The number of ether oxygens (including phenoxy) is 2. The first kappa shape index (κ1) is 21.2. The van der Waals surface area contributed by atoms with Crippen molar-refractivity contribution in [2.75, 3.05) is 14.2 Å². The van der Waals surface area contributed by atoms with Gasteiger partial charge >= 0.3 is 12.1 Å². The second kappa shape index (κ2) is 8.87. The number of esters is 1. The Hall–Kier alpha value is -2.52. The van der Waals surface area contributed by atoms with Crippen molar-refractivity contribution in [2.24, 2.45) is 0 Å². The second-order valence-electron chi connectivity index (χ2n) is 5.86. The van der Waals surface area contributed by atoms with Gasteiger partial charge in [0.1, 0.15) is 5.57 Å². The van der Waals surface area contributed by atoms with E-state index in [9.17, 15) is 18.0 Å². The van der Waals surface area contributed by atoms with E-state index in [2.05, 4.69) is 4.98 Å². The fraction of sp³-hybridized carbons (Fsp3) is 0.200. The monoisotopic (exact) mass is 439 g/mol. The lowest BCUT2D eigenvalue weighted by Gasteiger charge is -2.10. The molecule has 0 aliphatic heterocycles. The highest BCUT2D eigenvalue weighted by Crippen LogP contribution is 2.36. The van der Waals surface area contributed by atoms with E-state index in [1.165, 1.54) is 49.6 Å². The number of methoxy groups -OCH3 is 2. The van der Waals surface area contributed by atoms with Gasteiger partial charge in [0.2, 0.25) is 0 Å². The summed E-state index contributed by atoms with van der Waals surface area (Å²) in [4.78, 5) is 16.4. The van der Waals surface area contributed by atoms with Crippen LogP contribution in [0.1, 0.15) is 16.7 Å². The Balaban J connectivity index is 1.85. The Kier molecular flexibility index (Phi) is 6.49. The molecule has 0 atom stereocenters. The summed E-state index contributed by atoms with van der Waals surface area (Å²) in [7, 11) is 2.73. The third kappa shape index (κ3) is 4.91. The molecule has 0 radical (unpaired) electrons. The van der Waals surface area contributed by atoms with Crippen LogP contribution in [0.2, 0.25) is 0 Å². The predicted molar refractivity (Wildman–Crippen MR) is 108 cm³/mol. The average Bonchev–Trinajstić information content (AvgIpc) is 3.12. The molecule has 3 rings (SSSR count). The number of thioether (sulfide) groups is 1. The Morgan fingerprint density at radius 2 is 1.97 bits per heavy atom. The number of alkyl halides is 3. The van der Waals surface area contributed by atoms with E-state index < -0.39 is 17.7 Å². The Bertz CT molecular complexity index is 1060. The maximum absolute atomic E-state index is 12.9. The van der Waals surface area contributed by atoms with Gasteiger partial charge in [-0.3, -0.25) is 0 Å². The molecule has 3 aromatic rings. The van der Waals surface area contributed by atoms with Crippen molar-refractivity contribution >= 4 is 44.9 Å². The number of carbonyl (C=O) groups excluding carboxylic acids is 1. The van der Waals surface area contributed by atoms with Gasteiger partial charge in [-0.2, -0.15) is 13.2 Å². The second-order valence-corrected chi connectivity index (χ2v) is 8.12. The molecule has 0 amide bonds. The SMILES string of the molecule is COC=C(C(=O)OC)c1ccccc1CSc1nc2cc(C(F)(F)F)ccc2s1. The largest absolute Gasteiger partial charge is 0.503 e. The molecule has 2 aromatic carbocycles. The normalized spacial score (nSPS) is 12.2. The first-order valence-corrected chi connectivity index (χ1v) is 10.1. The maximum atomic E-state index is 12.9. The first-order chi connectivity index (χ1) is 13.8. The number of nitrogens with zero attached hydrogens (tertiary/aromatic N) is 1. The van der Waals surface area contributed by atoms with E-state index in [0.717, 1.165) is 17.7 Å². The van der Waals surface area contributed by atoms with Crippen LogP contribution in [0.15, 0.2) is 53.1 Å². The standard InChI is InChI=1S/C20H16F3NO3S2/c1-26-10-15(18(25)27-2)14-6-4-3-5-12(14)11-28-19-24-16-9-13(20(21,22)23)7-8-17(16)29-19/h3-10H,11H2,1-2H3. The van der Waals surface area contributed by atoms with Gasteiger partial charge in [0, 0.05) is 5.75 Å². The first-order valence-electron chi connectivity index (χ1n) is 8.33. The van der Waals surface area contributed by atoms with Crippen molar-refractivity contribution < 1.29 is 27.4 Å². The summed E-state index contributed by atoms with van der Waals surface area (Å²) < 4.78 is 49.8. The van der Waals surface area contributed by atoms with Crippen LogP contribution in [0.4, 0.5) is 13.2 Å². The molecule has 0 bridgehead atoms. The molecule has 1 aromatic heterocycles. The van der Waals surface area contributed by atoms with Crippen LogP contribution in [0.5, 0.6) is 0 Å². The molecular formula is C20H16F3NO3S2. The van der Waals surface area contributed by atoms with Crippen LogP contribution >= 0.6 is 23.1 Å². The summed E-state index contributed by atoms with van der Waals surface area (Å²) in [6.45, 7) is 0. The minimum atomic E-state index is -4.40. The molecule has 0 aliphatic rings. The fourth-order valence-electron chi connectivity index (χ4n) is 2.64. The molecule has 0 saturated carbocycles. The molecule has 0 N–H and O–H groups in total. The number of benzene rings is 2. The van der Waals surface area contributed by atoms with Gasteiger partial charge in [-0.05, 0) is 29.3 Å². The average molecular weight is 439 g/mol. The lowest BCUT2D eigenvalue weighted by molar-refractivity contribution is -0.137. The predicted octanol–water partition coefficient (Wildman–Crippen LogP) is 5.77. The maximum Gasteiger partial charge on any atom is 0.416 e. The van der Waals surface area contributed by atoms with E-state index in [1.807, 2.05) is 12.1 Å². The number of fused-ring (bicyclic) bond motifs is 1. The van der Waals surface area contributed by atoms with Gasteiger partial charge in [-0.1, -0.05) is 36.0 Å². The zero-order chi connectivity index (χ0) is 21.0. The minimum Gasteiger partial charge on any atom is -0.503 e. The number of halogens is 3. The van der Waals surface area contributed by atoms with Crippen molar-refractivity contribution in [2.45, 2.75) is 16.3 Å². The molecule has 0 spiro atoms. The van der Waals surface area contributed by atoms with E-state index in [-0.39, 0.29) is 5.57 Å². The highest BCUT2D eigenvalue weighted by atomic mass is 32.2. The van der Waals surface area contributed by atoms with Gasteiger partial charge in [0.05, 0.1) is 36.3 Å². The van der Waals surface area contributed by atoms with Crippen LogP contribution in [0.25, 0.3) is 15.8 Å². The van der Waals surface area contributed by atoms with E-state index in [1.54, 1.807) is 12.1 Å². The molecule has 0 fully saturated rings. The summed E-state index contributed by atoms with van der Waals surface area (Å²) in [5.41, 5.74) is 1.39. The van der Waals surface area contributed by atoms with Crippen LogP contribution in [-0.2, 0) is 26.2 Å². The highest BCUT2D eigenvalue weighted by Gasteiger charge is 2.30. The Morgan fingerprint density at radius 1 is 1.21 bits per heavy atom. The summed E-state index contributed by atoms with van der Waals surface area (Å²) in [5, 5.41) is 0. The zero-order valence-corrected chi connectivity index (χ0v) is 17.1. The molecule has 152 valence electrons. The smallest absolute Gasteiger partial charge is 0.416 e. The Morgan fingerprint density at radius 3 is 2.66 bits per heavy atom. The number of rotatable bonds is 6. The molecule has 4 nitrogen and oxygen atoms in total. The van der Waals surface area contributed by atoms with Crippen molar-refractivity contribution in [3.8, 4) is 0 Å². The molecule has 0 saturated heterocycles. The quantitative estimate of drug-likeness (QED) is 0.211. The van der Waals surface area contributed by atoms with E-state index in [4.69, 9.17) is 9.47 Å². The molecular weight excluding hydrogens is 423 g/mol. The van der Waals surface area contributed by atoms with Crippen LogP contribution in [0, 0.1) is 0 Å². The van der Waals surface area contributed by atoms with Crippen molar-refractivity contribution in [1.29, 1.82) is 0 Å². The zero-order valence-electron chi connectivity index (χ0n) is 15.4. The minimum absolute atomic E-state index is 0.283. The van der Waals surface area contributed by atoms with Crippen LogP contribution in [-0.4, -0.2) is 25.2 Å². The lowest BCUT2D eigenvalue weighted by atomic mass is 10.0. The molecule has 9 heteroatoms. The Labute approximate surface area is 173 Å².